The van der Waals surface area contributed by atoms with Crippen LogP contribution in [0.4, 0.5) is 29.2 Å². The number of nitrogens with zero attached hydrogens (tertiary/aromatic N) is 6. The molecule has 15 heteroatoms. The number of nitrogens with two attached hydrogens (primary N) is 3. The van der Waals surface area contributed by atoms with Gasteiger partial charge >= 0.3 is 0 Å². The summed E-state index contributed by atoms with van der Waals surface area (Å²) in [7, 11) is -4.00. The second kappa shape index (κ2) is 14.5. The molecule has 0 unspecified atom stereocenters. The van der Waals surface area contributed by atoms with Crippen LogP contribution in [0.15, 0.2) is 77.7 Å². The number of benzene rings is 3. The van der Waals surface area contributed by atoms with E-state index in [-0.39, 0.29) is 52.5 Å². The van der Waals surface area contributed by atoms with Crippen molar-refractivity contribution in [3.05, 3.63) is 83.9 Å². The third-order valence-corrected chi connectivity index (χ3v) is 10.8. The summed E-state index contributed by atoms with van der Waals surface area (Å²) < 4.78 is 29.2. The molecule has 49 heavy (non-hydrogen) atoms. The number of aromatic nitrogens is 3. The van der Waals surface area contributed by atoms with Crippen LogP contribution in [0.2, 0.25) is 0 Å². The number of hydrogen-bond donors (Lipinski definition) is 6. The molecule has 6 rings (SSSR count). The molecule has 3 aromatic carbocycles. The first kappa shape index (κ1) is 34.3. The third-order valence-electron chi connectivity index (χ3n) is 8.98. The van der Waals surface area contributed by atoms with Gasteiger partial charge in [0.1, 0.15) is 5.75 Å². The second-order valence-corrected chi connectivity index (χ2v) is 14.7. The average Bonchev–Trinajstić information content (AvgIpc) is 3.08. The molecule has 260 valence electrons. The molecule has 2 aliphatic heterocycles. The molecular formula is C34H44N10O4S. The number of sulfonamides is 1. The molecule has 1 aromatic heterocycles. The fraction of sp³-hybridized carbons (Fsp3) is 0.382. The van der Waals surface area contributed by atoms with Crippen molar-refractivity contribution in [2.24, 2.45) is 23.1 Å². The fourth-order valence-electron chi connectivity index (χ4n) is 6.27. The van der Waals surface area contributed by atoms with Gasteiger partial charge in [0, 0.05) is 50.2 Å². The van der Waals surface area contributed by atoms with Crippen LogP contribution in [-0.2, 0) is 16.6 Å². The van der Waals surface area contributed by atoms with Crippen LogP contribution >= 0.6 is 0 Å². The second-order valence-electron chi connectivity index (χ2n) is 12.9. The smallest absolute Gasteiger partial charge is 0.264 e. The number of phenols is 1. The number of phenolic OH excluding ortho intramolecular Hbond substituents is 1. The average molecular weight is 689 g/mol. The Morgan fingerprint density at radius 3 is 2.24 bits per heavy atom. The molecule has 9 N–H and O–H groups in total. The van der Waals surface area contributed by atoms with Gasteiger partial charge in [-0.3, -0.25) is 4.31 Å². The Labute approximate surface area is 286 Å². The molecule has 3 heterocycles. The lowest BCUT2D eigenvalue weighted by molar-refractivity contribution is 0.0917. The van der Waals surface area contributed by atoms with Gasteiger partial charge in [-0.15, -0.1) is 0 Å². The molecule has 2 saturated heterocycles. The summed E-state index contributed by atoms with van der Waals surface area (Å²) in [6, 6.07) is 20.2. The van der Waals surface area contributed by atoms with Crippen LogP contribution in [-0.4, -0.2) is 84.5 Å². The normalized spacial score (nSPS) is 21.4. The highest BCUT2D eigenvalue weighted by molar-refractivity contribution is 7.92. The highest BCUT2D eigenvalue weighted by atomic mass is 32.2. The Hall–Kier alpha value is -4.54. The predicted octanol–water partition coefficient (Wildman–Crippen LogP) is 2.04. The molecule has 2 fully saturated rings. The number of aliphatic hydroxyl groups is 1. The Kier molecular flexibility index (Phi) is 10.2. The van der Waals surface area contributed by atoms with E-state index < -0.39 is 16.1 Å². The number of hydrogen-bond acceptors (Lipinski definition) is 13. The van der Waals surface area contributed by atoms with E-state index in [4.69, 9.17) is 22.2 Å². The van der Waals surface area contributed by atoms with E-state index in [1.165, 1.54) is 10.4 Å². The first-order valence-corrected chi connectivity index (χ1v) is 17.8. The maximum absolute atomic E-state index is 14.0. The highest BCUT2D eigenvalue weighted by Crippen LogP contribution is 2.35. The Morgan fingerprint density at radius 2 is 1.59 bits per heavy atom. The van der Waals surface area contributed by atoms with Gasteiger partial charge in [0.15, 0.2) is 0 Å². The van der Waals surface area contributed by atoms with Crippen LogP contribution in [0.3, 0.4) is 0 Å². The molecule has 4 aromatic rings. The summed E-state index contributed by atoms with van der Waals surface area (Å²) in [5.74, 6) is 0.584. The molecule has 0 radical (unpaired) electrons. The lowest BCUT2D eigenvalue weighted by atomic mass is 9.95. The molecule has 0 saturated carbocycles. The van der Waals surface area contributed by atoms with Crippen molar-refractivity contribution in [3.8, 4) is 5.75 Å². The summed E-state index contributed by atoms with van der Waals surface area (Å²) in [4.78, 5) is 18.2. The minimum atomic E-state index is -4.00. The molecule has 4 atom stereocenters. The fourth-order valence-corrected chi connectivity index (χ4v) is 7.72. The minimum absolute atomic E-state index is 0.0535. The molecule has 0 bridgehead atoms. The maximum Gasteiger partial charge on any atom is 0.264 e. The van der Waals surface area contributed by atoms with Gasteiger partial charge in [-0.1, -0.05) is 48.0 Å². The zero-order valence-electron chi connectivity index (χ0n) is 27.4. The highest BCUT2D eigenvalue weighted by Gasteiger charge is 2.31. The zero-order valence-corrected chi connectivity index (χ0v) is 28.2. The largest absolute Gasteiger partial charge is 0.506 e. The van der Waals surface area contributed by atoms with Crippen molar-refractivity contribution in [2.75, 3.05) is 52.1 Å². The van der Waals surface area contributed by atoms with Gasteiger partial charge in [0.2, 0.25) is 17.8 Å². The minimum Gasteiger partial charge on any atom is -0.506 e. The van der Waals surface area contributed by atoms with Crippen molar-refractivity contribution in [1.82, 2.24) is 15.0 Å². The molecule has 14 nitrogen and oxygen atoms in total. The first-order valence-electron chi connectivity index (χ1n) is 16.4. The number of rotatable bonds is 10. The SMILES string of the molecule is Cc1ccc(S(=O)(=O)N(Cc2ccccc2)c2ccc(Nc3nc(N4C[C@H](N)C[C@H](N)C4)nc(N4CC[C@H](O)[C@H](CN)C4)n3)c(O)c2)cc1. The third kappa shape index (κ3) is 7.86. The lowest BCUT2D eigenvalue weighted by Crippen LogP contribution is -2.53. The molecule has 0 aliphatic carbocycles. The molecule has 2 aliphatic rings. The summed E-state index contributed by atoms with van der Waals surface area (Å²) >= 11 is 0. The van der Waals surface area contributed by atoms with Crippen LogP contribution < -0.4 is 36.6 Å². The first-order chi connectivity index (χ1) is 23.5. The molecule has 0 amide bonds. The summed E-state index contributed by atoms with van der Waals surface area (Å²) in [6.07, 6.45) is 0.686. The van der Waals surface area contributed by atoms with Gasteiger partial charge in [-0.05, 0) is 56.1 Å². The van der Waals surface area contributed by atoms with Gasteiger partial charge in [-0.2, -0.15) is 15.0 Å². The van der Waals surface area contributed by atoms with Crippen molar-refractivity contribution in [2.45, 2.75) is 49.4 Å². The quantitative estimate of drug-likeness (QED) is 0.132. The van der Waals surface area contributed by atoms with Gasteiger partial charge < -0.3 is 42.5 Å². The van der Waals surface area contributed by atoms with Crippen molar-refractivity contribution >= 4 is 39.2 Å². The number of nitrogens with one attached hydrogen (secondary N) is 1. The maximum atomic E-state index is 14.0. The van der Waals surface area contributed by atoms with E-state index in [1.54, 1.807) is 36.4 Å². The lowest BCUT2D eigenvalue weighted by Gasteiger charge is -2.37. The summed E-state index contributed by atoms with van der Waals surface area (Å²) in [5.41, 5.74) is 20.8. The van der Waals surface area contributed by atoms with Gasteiger partial charge in [0.25, 0.3) is 10.0 Å². The van der Waals surface area contributed by atoms with E-state index in [9.17, 15) is 18.6 Å². The standard InChI is InChI=1S/C34H44N10O4S/c1-22-7-10-28(11-8-22)49(47,48)44(18-23-5-3-2-4-6-23)27-9-12-29(31(46)16-27)38-32-39-33(42-14-13-30(45)24(17-35)19-42)41-34(40-32)43-20-25(36)15-26(37)21-43/h2-12,16,24-26,30,45-46H,13-15,17-21,35-37H2,1H3,(H,38,39,40,41)/t24-,25-,26+,30+/m1/s1. The number of anilines is 5. The van der Waals surface area contributed by atoms with E-state index in [2.05, 4.69) is 15.3 Å². The van der Waals surface area contributed by atoms with Crippen LogP contribution in [0.1, 0.15) is 24.0 Å². The van der Waals surface area contributed by atoms with Crippen LogP contribution in [0.5, 0.6) is 5.75 Å². The van der Waals surface area contributed by atoms with Crippen molar-refractivity contribution in [3.63, 3.8) is 0 Å². The van der Waals surface area contributed by atoms with Gasteiger partial charge in [0.05, 0.1) is 28.9 Å². The monoisotopic (exact) mass is 688 g/mol. The van der Waals surface area contributed by atoms with Crippen molar-refractivity contribution in [1.29, 1.82) is 0 Å². The molecule has 0 spiro atoms. The number of aryl methyl sites for hydroxylation is 1. The zero-order chi connectivity index (χ0) is 34.7. The molecular weight excluding hydrogens is 645 g/mol. The van der Waals surface area contributed by atoms with Crippen LogP contribution in [0, 0.1) is 12.8 Å². The Morgan fingerprint density at radius 1 is 0.918 bits per heavy atom. The Balaban J connectivity index is 1.33. The summed E-state index contributed by atoms with van der Waals surface area (Å²) in [5, 5.41) is 24.8. The Bertz CT molecular complexity index is 1840. The van der Waals surface area contributed by atoms with E-state index in [0.29, 0.717) is 57.5 Å². The van der Waals surface area contributed by atoms with E-state index in [1.807, 2.05) is 47.1 Å². The van der Waals surface area contributed by atoms with Crippen molar-refractivity contribution < 1.29 is 18.6 Å². The van der Waals surface area contributed by atoms with E-state index >= 15 is 0 Å². The number of piperidine rings is 2. The summed E-state index contributed by atoms with van der Waals surface area (Å²) in [6.45, 7) is 4.26. The number of aliphatic hydroxyl groups excluding tert-OH is 1. The van der Waals surface area contributed by atoms with E-state index in [0.717, 1.165) is 11.1 Å². The number of aromatic hydroxyl groups is 1. The predicted molar refractivity (Wildman–Crippen MR) is 190 cm³/mol. The topological polar surface area (TPSA) is 213 Å². The van der Waals surface area contributed by atoms with Crippen LogP contribution in [0.25, 0.3) is 0 Å². The van der Waals surface area contributed by atoms with Gasteiger partial charge in [-0.25, -0.2) is 8.42 Å².